The number of anilines is 1. The molecule has 0 aromatic heterocycles. The van der Waals surface area contributed by atoms with E-state index in [1.165, 1.54) is 19.1 Å². The molecule has 2 aromatic carbocycles. The minimum atomic E-state index is -0.979. The van der Waals surface area contributed by atoms with Gasteiger partial charge in [0.2, 0.25) is 0 Å². The maximum Gasteiger partial charge on any atom is 0.416 e. The van der Waals surface area contributed by atoms with Crippen molar-refractivity contribution in [2.75, 3.05) is 38.9 Å². The summed E-state index contributed by atoms with van der Waals surface area (Å²) < 4.78 is 34.8. The normalized spacial score (nSPS) is 20.9. The number of benzene rings is 2. The first-order valence-corrected chi connectivity index (χ1v) is 16.6. The lowest BCUT2D eigenvalue weighted by atomic mass is 10.0. The number of fused-ring (bicyclic) bond motifs is 2. The molecule has 2 amide bonds. The molecule has 2 aromatic rings. The van der Waals surface area contributed by atoms with Crippen LogP contribution < -0.4 is 20.1 Å². The molecule has 0 aliphatic carbocycles. The van der Waals surface area contributed by atoms with Gasteiger partial charge in [-0.25, -0.2) is 9.69 Å². The van der Waals surface area contributed by atoms with Gasteiger partial charge in [0, 0.05) is 32.1 Å². The summed E-state index contributed by atoms with van der Waals surface area (Å²) in [5.74, 6) is -0.205. The smallest absolute Gasteiger partial charge is 0.416 e. The van der Waals surface area contributed by atoms with Gasteiger partial charge < -0.3 is 39.1 Å². The topological polar surface area (TPSA) is 156 Å². The van der Waals surface area contributed by atoms with Gasteiger partial charge in [-0.3, -0.25) is 14.4 Å². The molecule has 2 fully saturated rings. The third-order valence-corrected chi connectivity index (χ3v) is 8.82. The molecule has 0 spiro atoms. The molecule has 2 N–H and O–H groups in total. The summed E-state index contributed by atoms with van der Waals surface area (Å²) >= 11 is 0. The van der Waals surface area contributed by atoms with E-state index in [2.05, 4.69) is 6.58 Å². The van der Waals surface area contributed by atoms with E-state index in [4.69, 9.17) is 34.2 Å². The number of rotatable bonds is 13. The van der Waals surface area contributed by atoms with Gasteiger partial charge in [-0.05, 0) is 56.2 Å². The van der Waals surface area contributed by atoms with Crippen LogP contribution in [0.5, 0.6) is 11.5 Å². The SMILES string of the molecule is C=C1C[C@H]2[C@H](OC3CCCCO3)N(C(=O)OCc3ccc(CC(=O)[C@H](C)N)cc3)c3cc(OCCCC(=O)OC)c(OC)cc3C(=O)N2C1. The van der Waals surface area contributed by atoms with Gasteiger partial charge in [0.1, 0.15) is 6.61 Å². The lowest BCUT2D eigenvalue weighted by molar-refractivity contribution is -0.195. The predicted octanol–water partition coefficient (Wildman–Crippen LogP) is 4.28. The summed E-state index contributed by atoms with van der Waals surface area (Å²) in [5.41, 5.74) is 8.47. The van der Waals surface area contributed by atoms with Crippen LogP contribution in [-0.2, 0) is 41.6 Å². The number of carbonyl (C=O) groups excluding carboxylic acids is 4. The second-order valence-corrected chi connectivity index (χ2v) is 12.5. The summed E-state index contributed by atoms with van der Waals surface area (Å²) in [6.07, 6.45) is 1.25. The highest BCUT2D eigenvalue weighted by atomic mass is 16.7. The number of ketones is 1. The zero-order valence-corrected chi connectivity index (χ0v) is 28.3. The second kappa shape index (κ2) is 16.3. The summed E-state index contributed by atoms with van der Waals surface area (Å²) in [6, 6.07) is 9.17. The summed E-state index contributed by atoms with van der Waals surface area (Å²) in [6.45, 7) is 6.68. The Morgan fingerprint density at radius 1 is 1.08 bits per heavy atom. The van der Waals surface area contributed by atoms with E-state index in [1.807, 2.05) is 0 Å². The number of hydrogen-bond acceptors (Lipinski definition) is 11. The fraction of sp³-hybridized carbons (Fsp3) is 0.500. The van der Waals surface area contributed by atoms with Crippen LogP contribution in [0.25, 0.3) is 0 Å². The number of ether oxygens (including phenoxy) is 6. The largest absolute Gasteiger partial charge is 0.493 e. The molecule has 2 saturated heterocycles. The Hall–Kier alpha value is -4.46. The molecular formula is C36H45N3O10. The lowest BCUT2D eigenvalue weighted by Gasteiger charge is -2.38. The van der Waals surface area contributed by atoms with Crippen LogP contribution in [-0.4, -0.2) is 87.2 Å². The average molecular weight is 680 g/mol. The molecule has 49 heavy (non-hydrogen) atoms. The monoisotopic (exact) mass is 679 g/mol. The van der Waals surface area contributed by atoms with Crippen LogP contribution in [0.1, 0.15) is 66.9 Å². The van der Waals surface area contributed by atoms with Crippen LogP contribution in [0, 0.1) is 0 Å². The molecule has 13 heteroatoms. The number of nitrogens with two attached hydrogens (primary N) is 1. The van der Waals surface area contributed by atoms with Gasteiger partial charge in [-0.15, -0.1) is 0 Å². The Bertz CT molecular complexity index is 1540. The highest BCUT2D eigenvalue weighted by Crippen LogP contribution is 2.43. The molecule has 3 aliphatic rings. The van der Waals surface area contributed by atoms with E-state index in [-0.39, 0.29) is 66.5 Å². The Labute approximate surface area is 286 Å². The number of nitrogens with zero attached hydrogens (tertiary/aromatic N) is 2. The zero-order valence-electron chi connectivity index (χ0n) is 28.3. The van der Waals surface area contributed by atoms with Gasteiger partial charge in [-0.1, -0.05) is 36.4 Å². The molecular weight excluding hydrogens is 634 g/mol. The van der Waals surface area contributed by atoms with Gasteiger partial charge in [-0.2, -0.15) is 0 Å². The average Bonchev–Trinajstić information content (AvgIpc) is 3.47. The van der Waals surface area contributed by atoms with Crippen LogP contribution in [0.4, 0.5) is 10.5 Å². The Kier molecular flexibility index (Phi) is 11.9. The fourth-order valence-corrected chi connectivity index (χ4v) is 6.12. The standard InChI is InChI=1S/C36H45N3O10/c1-22-16-28-35(49-33-9-5-6-14-47-33)39(36(43)48-21-25-12-10-24(11-13-25)17-29(40)23(2)37)27-19-31(46-15-7-8-32(41)45-4)30(44-3)18-26(27)34(42)38(28)20-22/h10-13,18-19,23,28,33,35H,1,5-9,14-17,20-21,37H2,2-4H3/t23-,28-,33?,35-/m0/s1. The van der Waals surface area contributed by atoms with Crippen LogP contribution in [0.15, 0.2) is 48.6 Å². The summed E-state index contributed by atoms with van der Waals surface area (Å²) in [4.78, 5) is 55.3. The van der Waals surface area contributed by atoms with Crippen molar-refractivity contribution >= 4 is 29.4 Å². The molecule has 0 radical (unpaired) electrons. The number of amides is 2. The molecule has 3 aliphatic heterocycles. The number of esters is 1. The first-order chi connectivity index (χ1) is 23.6. The third kappa shape index (κ3) is 8.59. The predicted molar refractivity (Wildman–Crippen MR) is 178 cm³/mol. The second-order valence-electron chi connectivity index (χ2n) is 12.5. The van der Waals surface area contributed by atoms with Gasteiger partial charge in [0.15, 0.2) is 29.8 Å². The van der Waals surface area contributed by atoms with Gasteiger partial charge in [0.05, 0.1) is 44.2 Å². The molecule has 0 saturated carbocycles. The molecule has 0 bridgehead atoms. The van der Waals surface area contributed by atoms with Crippen molar-refractivity contribution in [2.45, 2.75) is 83.1 Å². The first-order valence-electron chi connectivity index (χ1n) is 16.6. The molecule has 4 atom stereocenters. The Morgan fingerprint density at radius 3 is 2.51 bits per heavy atom. The van der Waals surface area contributed by atoms with Crippen molar-refractivity contribution in [3.8, 4) is 11.5 Å². The first kappa shape index (κ1) is 35.8. The Morgan fingerprint density at radius 2 is 1.84 bits per heavy atom. The van der Waals surface area contributed by atoms with Gasteiger partial charge >= 0.3 is 12.1 Å². The van der Waals surface area contributed by atoms with E-state index in [9.17, 15) is 19.2 Å². The molecule has 5 rings (SSSR count). The highest BCUT2D eigenvalue weighted by molar-refractivity contribution is 6.06. The maximum absolute atomic E-state index is 14.3. The maximum atomic E-state index is 14.3. The van der Waals surface area contributed by atoms with Gasteiger partial charge in [0.25, 0.3) is 5.91 Å². The minimum absolute atomic E-state index is 0.0753. The van der Waals surface area contributed by atoms with Crippen molar-refractivity contribution in [3.05, 3.63) is 65.2 Å². The van der Waals surface area contributed by atoms with Crippen LogP contribution in [0.3, 0.4) is 0 Å². The minimum Gasteiger partial charge on any atom is -0.493 e. The van der Waals surface area contributed by atoms with E-state index < -0.39 is 30.7 Å². The van der Waals surface area contributed by atoms with Crippen molar-refractivity contribution < 1.29 is 47.6 Å². The molecule has 1 unspecified atom stereocenters. The number of carbonyl (C=O) groups is 4. The van der Waals surface area contributed by atoms with E-state index in [0.717, 1.165) is 24.0 Å². The van der Waals surface area contributed by atoms with E-state index in [0.29, 0.717) is 38.0 Å². The summed E-state index contributed by atoms with van der Waals surface area (Å²) in [5, 5.41) is 0. The van der Waals surface area contributed by atoms with Crippen molar-refractivity contribution in [3.63, 3.8) is 0 Å². The number of methoxy groups -OCH3 is 2. The number of Topliss-reactive ketones (excluding diaryl/α,β-unsaturated/α-hetero) is 1. The van der Waals surface area contributed by atoms with Crippen LogP contribution in [0.2, 0.25) is 0 Å². The van der Waals surface area contributed by atoms with Crippen molar-refractivity contribution in [2.24, 2.45) is 5.73 Å². The highest BCUT2D eigenvalue weighted by Gasteiger charge is 2.48. The zero-order chi connectivity index (χ0) is 35.1. The molecule has 3 heterocycles. The van der Waals surface area contributed by atoms with Crippen LogP contribution >= 0.6 is 0 Å². The summed E-state index contributed by atoms with van der Waals surface area (Å²) in [7, 11) is 2.78. The van der Waals surface area contributed by atoms with E-state index in [1.54, 1.807) is 48.2 Å². The molecule has 264 valence electrons. The molecule has 13 nitrogen and oxygen atoms in total. The quantitative estimate of drug-likeness (QED) is 0.183. The number of hydrogen-bond donors (Lipinski definition) is 1. The van der Waals surface area contributed by atoms with Crippen molar-refractivity contribution in [1.29, 1.82) is 0 Å². The van der Waals surface area contributed by atoms with E-state index >= 15 is 0 Å². The fourth-order valence-electron chi connectivity index (χ4n) is 6.12. The Balaban J connectivity index is 1.49. The lowest BCUT2D eigenvalue weighted by Crippen LogP contribution is -2.54. The van der Waals surface area contributed by atoms with Crippen molar-refractivity contribution in [1.82, 2.24) is 4.90 Å². The third-order valence-electron chi connectivity index (χ3n) is 8.82.